The molecule has 13 heavy (non-hydrogen) atoms. The standard InChI is InChI=1S/C9H18BO2P/c1-4-9(10)12-8(7-11-2)5-6-13-3/h5-6,8-9,13H,4,7H2,1-3H3/b6-5+. The highest BCUT2D eigenvalue weighted by Crippen LogP contribution is 2.08. The molecular formula is C9H18BO2P. The van der Waals surface area contributed by atoms with Crippen molar-refractivity contribution in [1.29, 1.82) is 0 Å². The van der Waals surface area contributed by atoms with Gasteiger partial charge in [0.05, 0.1) is 12.7 Å². The fraction of sp³-hybridized carbons (Fsp3) is 0.778. The van der Waals surface area contributed by atoms with Gasteiger partial charge in [0.15, 0.2) is 0 Å². The summed E-state index contributed by atoms with van der Waals surface area (Å²) in [5, 5.41) is 0. The van der Waals surface area contributed by atoms with E-state index in [2.05, 4.69) is 12.5 Å². The summed E-state index contributed by atoms with van der Waals surface area (Å²) in [6.07, 6.45) is 2.83. The van der Waals surface area contributed by atoms with E-state index in [1.54, 1.807) is 7.11 Å². The molecule has 0 saturated carbocycles. The second-order valence-corrected chi connectivity index (χ2v) is 3.64. The van der Waals surface area contributed by atoms with Crippen molar-refractivity contribution in [2.45, 2.75) is 25.5 Å². The molecule has 0 fully saturated rings. The first-order chi connectivity index (χ1) is 6.24. The molecule has 2 radical (unpaired) electrons. The molecule has 4 heteroatoms. The van der Waals surface area contributed by atoms with Gasteiger partial charge in [0.1, 0.15) is 7.85 Å². The molecule has 0 aliphatic heterocycles. The van der Waals surface area contributed by atoms with Crippen LogP contribution in [-0.2, 0) is 9.47 Å². The van der Waals surface area contributed by atoms with Crippen molar-refractivity contribution >= 4 is 16.4 Å². The van der Waals surface area contributed by atoms with Gasteiger partial charge in [-0.3, -0.25) is 0 Å². The summed E-state index contributed by atoms with van der Waals surface area (Å²) in [5.41, 5.74) is 0. The van der Waals surface area contributed by atoms with Gasteiger partial charge in [-0.05, 0) is 13.1 Å². The summed E-state index contributed by atoms with van der Waals surface area (Å²) in [5.74, 6) is 2.09. The smallest absolute Gasteiger partial charge is 0.109 e. The Morgan fingerprint density at radius 1 is 1.54 bits per heavy atom. The lowest BCUT2D eigenvalue weighted by Gasteiger charge is -2.18. The van der Waals surface area contributed by atoms with Crippen LogP contribution in [0.1, 0.15) is 13.3 Å². The van der Waals surface area contributed by atoms with Crippen molar-refractivity contribution < 1.29 is 9.47 Å². The van der Waals surface area contributed by atoms with Gasteiger partial charge in [0.25, 0.3) is 0 Å². The highest BCUT2D eigenvalue weighted by molar-refractivity contribution is 7.40. The largest absolute Gasteiger partial charge is 0.382 e. The van der Waals surface area contributed by atoms with Crippen LogP contribution in [0.5, 0.6) is 0 Å². The molecule has 3 unspecified atom stereocenters. The van der Waals surface area contributed by atoms with Crippen molar-refractivity contribution in [2.24, 2.45) is 0 Å². The highest BCUT2D eigenvalue weighted by atomic mass is 31.1. The van der Waals surface area contributed by atoms with E-state index in [9.17, 15) is 0 Å². The van der Waals surface area contributed by atoms with Gasteiger partial charge >= 0.3 is 0 Å². The Kier molecular flexibility index (Phi) is 8.84. The Labute approximate surface area is 84.3 Å². The topological polar surface area (TPSA) is 18.5 Å². The van der Waals surface area contributed by atoms with E-state index in [0.717, 1.165) is 15.0 Å². The van der Waals surface area contributed by atoms with Crippen LogP contribution in [0.4, 0.5) is 0 Å². The van der Waals surface area contributed by atoms with Crippen LogP contribution in [0.15, 0.2) is 11.9 Å². The average Bonchev–Trinajstić information content (AvgIpc) is 2.14. The van der Waals surface area contributed by atoms with Crippen LogP contribution in [-0.4, -0.2) is 40.3 Å². The van der Waals surface area contributed by atoms with Crippen LogP contribution in [0, 0.1) is 0 Å². The fourth-order valence-electron chi connectivity index (χ4n) is 0.829. The number of ether oxygens (including phenoxy) is 2. The summed E-state index contributed by atoms with van der Waals surface area (Å²) in [4.78, 5) is 0. The van der Waals surface area contributed by atoms with Gasteiger partial charge in [0.2, 0.25) is 0 Å². The van der Waals surface area contributed by atoms with E-state index in [-0.39, 0.29) is 12.1 Å². The van der Waals surface area contributed by atoms with Gasteiger partial charge < -0.3 is 9.47 Å². The van der Waals surface area contributed by atoms with Gasteiger partial charge in [-0.15, -0.1) is 8.58 Å². The summed E-state index contributed by atoms with van der Waals surface area (Å²) in [6.45, 7) is 4.68. The zero-order valence-corrected chi connectivity index (χ0v) is 9.62. The lowest BCUT2D eigenvalue weighted by Crippen LogP contribution is -2.24. The zero-order valence-electron chi connectivity index (χ0n) is 8.62. The minimum atomic E-state index is -0.190. The predicted octanol–water partition coefficient (Wildman–Crippen LogP) is 1.74. The minimum absolute atomic E-state index is 0.00704. The first-order valence-corrected chi connectivity index (χ1v) is 6.06. The Bertz CT molecular complexity index is 142. The SMILES string of the molecule is [B]C(CC)OC(/C=C/PC)COC. The number of rotatable bonds is 7. The molecule has 0 aromatic rings. The van der Waals surface area contributed by atoms with E-state index in [1.165, 1.54) is 0 Å². The normalized spacial score (nSPS) is 17.2. The maximum atomic E-state index is 5.67. The van der Waals surface area contributed by atoms with E-state index >= 15 is 0 Å². The second-order valence-electron chi connectivity index (χ2n) is 2.72. The number of hydrogen-bond donors (Lipinski definition) is 0. The fourth-order valence-corrected chi connectivity index (χ4v) is 1.24. The van der Waals surface area contributed by atoms with Crippen molar-refractivity contribution in [2.75, 3.05) is 20.4 Å². The van der Waals surface area contributed by atoms with Crippen molar-refractivity contribution in [3.05, 3.63) is 11.9 Å². The van der Waals surface area contributed by atoms with E-state index in [0.29, 0.717) is 6.61 Å². The molecule has 0 bridgehead atoms. The maximum absolute atomic E-state index is 5.67. The number of methoxy groups -OCH3 is 1. The van der Waals surface area contributed by atoms with Crippen molar-refractivity contribution in [3.8, 4) is 0 Å². The quantitative estimate of drug-likeness (QED) is 0.460. The predicted molar refractivity (Wildman–Crippen MR) is 60.0 cm³/mol. The molecule has 0 N–H and O–H groups in total. The zero-order chi connectivity index (χ0) is 10.1. The molecule has 0 aromatic heterocycles. The molecule has 0 amide bonds. The molecule has 0 saturated heterocycles. The van der Waals surface area contributed by atoms with Crippen molar-refractivity contribution in [1.82, 2.24) is 0 Å². The molecule has 0 aliphatic carbocycles. The Morgan fingerprint density at radius 3 is 2.69 bits per heavy atom. The summed E-state index contributed by atoms with van der Waals surface area (Å²) < 4.78 is 10.5. The second kappa shape index (κ2) is 8.74. The first kappa shape index (κ1) is 13.2. The molecule has 0 aliphatic rings. The summed E-state index contributed by atoms with van der Waals surface area (Å²) in [6, 6.07) is -0.190. The molecule has 74 valence electrons. The van der Waals surface area contributed by atoms with Crippen LogP contribution >= 0.6 is 8.58 Å². The van der Waals surface area contributed by atoms with Gasteiger partial charge in [0, 0.05) is 13.1 Å². The van der Waals surface area contributed by atoms with Crippen LogP contribution in [0.3, 0.4) is 0 Å². The molecule has 2 nitrogen and oxygen atoms in total. The third kappa shape index (κ3) is 7.24. The van der Waals surface area contributed by atoms with Crippen LogP contribution in [0.2, 0.25) is 0 Å². The van der Waals surface area contributed by atoms with Crippen LogP contribution < -0.4 is 0 Å². The maximum Gasteiger partial charge on any atom is 0.109 e. The third-order valence-corrected chi connectivity index (χ3v) is 2.09. The van der Waals surface area contributed by atoms with E-state index in [1.807, 2.05) is 13.0 Å². The van der Waals surface area contributed by atoms with Gasteiger partial charge in [-0.25, -0.2) is 0 Å². The molecule has 0 heterocycles. The summed E-state index contributed by atoms with van der Waals surface area (Å²) >= 11 is 0. The highest BCUT2D eigenvalue weighted by Gasteiger charge is 2.07. The molecule has 0 spiro atoms. The van der Waals surface area contributed by atoms with Gasteiger partial charge in [-0.2, -0.15) is 0 Å². The Hall–Kier alpha value is 0.155. The average molecular weight is 200 g/mol. The Balaban J connectivity index is 3.85. The number of hydrogen-bond acceptors (Lipinski definition) is 2. The Morgan fingerprint density at radius 2 is 2.23 bits per heavy atom. The lowest BCUT2D eigenvalue weighted by atomic mass is 9.97. The first-order valence-electron chi connectivity index (χ1n) is 4.48. The van der Waals surface area contributed by atoms with Crippen LogP contribution in [0.25, 0.3) is 0 Å². The van der Waals surface area contributed by atoms with E-state index < -0.39 is 0 Å². The van der Waals surface area contributed by atoms with Gasteiger partial charge in [-0.1, -0.05) is 18.8 Å². The molecular weight excluding hydrogens is 182 g/mol. The molecule has 0 aromatic carbocycles. The third-order valence-electron chi connectivity index (χ3n) is 1.56. The lowest BCUT2D eigenvalue weighted by molar-refractivity contribution is 0.00835. The minimum Gasteiger partial charge on any atom is -0.382 e. The monoisotopic (exact) mass is 200 g/mol. The summed E-state index contributed by atoms with van der Waals surface area (Å²) in [7, 11) is 8.12. The van der Waals surface area contributed by atoms with Crippen molar-refractivity contribution in [3.63, 3.8) is 0 Å². The van der Waals surface area contributed by atoms with E-state index in [4.69, 9.17) is 17.3 Å². The molecule has 3 atom stereocenters. The molecule has 0 rings (SSSR count).